The van der Waals surface area contributed by atoms with E-state index >= 15 is 0 Å². The van der Waals surface area contributed by atoms with E-state index in [9.17, 15) is 14.4 Å². The summed E-state index contributed by atoms with van der Waals surface area (Å²) in [6.07, 6.45) is 1.36. The van der Waals surface area contributed by atoms with E-state index in [0.29, 0.717) is 22.0 Å². The van der Waals surface area contributed by atoms with Gasteiger partial charge in [-0.25, -0.2) is 5.43 Å². The van der Waals surface area contributed by atoms with Crippen molar-refractivity contribution in [2.75, 3.05) is 11.9 Å². The van der Waals surface area contributed by atoms with Crippen molar-refractivity contribution in [3.63, 3.8) is 0 Å². The Kier molecular flexibility index (Phi) is 8.55. The van der Waals surface area contributed by atoms with Crippen LogP contribution in [0, 0.1) is 0 Å². The molecule has 0 saturated heterocycles. The third-order valence-corrected chi connectivity index (χ3v) is 4.45. The lowest BCUT2D eigenvalue weighted by atomic mass is 10.2. The summed E-state index contributed by atoms with van der Waals surface area (Å²) >= 11 is 5.89. The first-order valence-electron chi connectivity index (χ1n) is 9.93. The molecule has 3 N–H and O–H groups in total. The number of carbonyl (C=O) groups is 3. The number of anilines is 1. The van der Waals surface area contributed by atoms with Gasteiger partial charge in [0.2, 0.25) is 0 Å². The van der Waals surface area contributed by atoms with Gasteiger partial charge in [0.15, 0.2) is 6.61 Å². The predicted octanol–water partition coefficient (Wildman–Crippen LogP) is 3.12. The highest BCUT2D eigenvalue weighted by molar-refractivity contribution is 6.35. The number of ether oxygens (including phenoxy) is 1. The van der Waals surface area contributed by atoms with Crippen LogP contribution in [0.3, 0.4) is 0 Å². The van der Waals surface area contributed by atoms with Crippen LogP contribution in [0.4, 0.5) is 5.69 Å². The van der Waals surface area contributed by atoms with Gasteiger partial charge in [-0.1, -0.05) is 60.1 Å². The number of nitrogens with one attached hydrogen (secondary N) is 3. The molecule has 0 aromatic heterocycles. The molecule has 33 heavy (non-hydrogen) atoms. The zero-order chi connectivity index (χ0) is 23.5. The third-order valence-electron chi connectivity index (χ3n) is 4.22. The Balaban J connectivity index is 1.44. The van der Waals surface area contributed by atoms with Crippen molar-refractivity contribution in [3.05, 3.63) is 95.0 Å². The monoisotopic (exact) mass is 464 g/mol. The zero-order valence-corrected chi connectivity index (χ0v) is 18.2. The number of carbonyl (C=O) groups excluding carboxylic acids is 3. The van der Waals surface area contributed by atoms with Crippen LogP contribution in [-0.4, -0.2) is 30.5 Å². The molecule has 0 unspecified atom stereocenters. The Morgan fingerprint density at radius 3 is 2.48 bits per heavy atom. The average molecular weight is 465 g/mol. The molecule has 0 aliphatic carbocycles. The van der Waals surface area contributed by atoms with E-state index in [1.807, 2.05) is 30.3 Å². The van der Waals surface area contributed by atoms with Crippen LogP contribution >= 0.6 is 11.6 Å². The Bertz CT molecular complexity index is 1150. The van der Waals surface area contributed by atoms with E-state index in [2.05, 4.69) is 21.2 Å². The van der Waals surface area contributed by atoms with E-state index in [0.717, 1.165) is 5.56 Å². The number of halogens is 1. The fourth-order valence-corrected chi connectivity index (χ4v) is 2.86. The second-order valence-electron chi connectivity index (χ2n) is 6.79. The number of hydrogen-bond acceptors (Lipinski definition) is 5. The zero-order valence-electron chi connectivity index (χ0n) is 17.5. The van der Waals surface area contributed by atoms with Crippen LogP contribution in [-0.2, 0) is 20.9 Å². The number of hydrogen-bond donors (Lipinski definition) is 3. The van der Waals surface area contributed by atoms with Gasteiger partial charge in [-0.3, -0.25) is 14.4 Å². The lowest BCUT2D eigenvalue weighted by Crippen LogP contribution is -2.37. The van der Waals surface area contributed by atoms with Crippen molar-refractivity contribution in [2.45, 2.75) is 6.54 Å². The average Bonchev–Trinajstić information content (AvgIpc) is 2.82. The number of nitrogens with zero attached hydrogens (tertiary/aromatic N) is 1. The number of benzene rings is 3. The number of rotatable bonds is 8. The fraction of sp³-hybridized carbons (Fsp3) is 0.0833. The molecule has 0 aliphatic heterocycles. The maximum absolute atomic E-state index is 12.0. The van der Waals surface area contributed by atoms with E-state index in [4.69, 9.17) is 16.3 Å². The lowest BCUT2D eigenvalue weighted by molar-refractivity contribution is -0.139. The van der Waals surface area contributed by atoms with Crippen molar-refractivity contribution >= 4 is 41.2 Å². The summed E-state index contributed by atoms with van der Waals surface area (Å²) in [5.74, 6) is -1.58. The minimum Gasteiger partial charge on any atom is -0.484 e. The van der Waals surface area contributed by atoms with Crippen molar-refractivity contribution in [2.24, 2.45) is 5.10 Å². The maximum atomic E-state index is 12.0. The molecule has 3 amide bonds. The molecule has 3 aromatic carbocycles. The molecular formula is C24H21ClN4O4. The van der Waals surface area contributed by atoms with Gasteiger partial charge < -0.3 is 15.4 Å². The molecule has 0 saturated carbocycles. The quantitative estimate of drug-likeness (QED) is 0.270. The van der Waals surface area contributed by atoms with Crippen LogP contribution in [0.5, 0.6) is 5.75 Å². The van der Waals surface area contributed by atoms with Gasteiger partial charge >= 0.3 is 11.8 Å². The molecular weight excluding hydrogens is 444 g/mol. The lowest BCUT2D eigenvalue weighted by Gasteiger charge is -2.08. The van der Waals surface area contributed by atoms with Crippen molar-refractivity contribution in [1.82, 2.24) is 10.7 Å². The molecule has 3 rings (SSSR count). The minimum absolute atomic E-state index is 0.203. The van der Waals surface area contributed by atoms with Gasteiger partial charge in [0.1, 0.15) is 5.75 Å². The molecule has 168 valence electrons. The first-order chi connectivity index (χ1) is 16.0. The molecule has 0 spiro atoms. The van der Waals surface area contributed by atoms with Gasteiger partial charge in [-0.15, -0.1) is 0 Å². The summed E-state index contributed by atoms with van der Waals surface area (Å²) in [5.41, 5.74) is 4.22. The molecule has 0 bridgehead atoms. The van der Waals surface area contributed by atoms with Crippen LogP contribution in [0.25, 0.3) is 0 Å². The maximum Gasteiger partial charge on any atom is 0.329 e. The molecule has 8 nitrogen and oxygen atoms in total. The normalized spacial score (nSPS) is 10.5. The van der Waals surface area contributed by atoms with Gasteiger partial charge in [-0.05, 0) is 41.5 Å². The first-order valence-corrected chi connectivity index (χ1v) is 10.3. The Hall–Kier alpha value is -4.17. The van der Waals surface area contributed by atoms with E-state index < -0.39 is 11.8 Å². The van der Waals surface area contributed by atoms with Crippen molar-refractivity contribution in [1.29, 1.82) is 0 Å². The van der Waals surface area contributed by atoms with E-state index in [-0.39, 0.29) is 19.1 Å². The summed E-state index contributed by atoms with van der Waals surface area (Å²) in [6, 6.07) is 22.8. The summed E-state index contributed by atoms with van der Waals surface area (Å²) in [7, 11) is 0. The predicted molar refractivity (Wildman–Crippen MR) is 126 cm³/mol. The van der Waals surface area contributed by atoms with Crippen LogP contribution in [0.1, 0.15) is 11.1 Å². The van der Waals surface area contributed by atoms with Crippen LogP contribution < -0.4 is 20.8 Å². The standard InChI is InChI=1S/C24H21ClN4O4/c25-19-9-5-10-20(13-19)28-22(30)16-33-21-11-4-8-18(12-21)15-27-29-24(32)23(31)26-14-17-6-2-1-3-7-17/h1-13,15H,14,16H2,(H,26,31)(H,28,30)(H,29,32)/b27-15-. The highest BCUT2D eigenvalue weighted by Crippen LogP contribution is 2.15. The molecule has 0 heterocycles. The van der Waals surface area contributed by atoms with E-state index in [1.54, 1.807) is 48.5 Å². The van der Waals surface area contributed by atoms with Crippen LogP contribution in [0.2, 0.25) is 5.02 Å². The summed E-state index contributed by atoms with van der Waals surface area (Å²) in [5, 5.41) is 9.50. The highest BCUT2D eigenvalue weighted by Gasteiger charge is 2.11. The molecule has 0 radical (unpaired) electrons. The Labute approximate surface area is 195 Å². The number of hydrazone groups is 1. The molecule has 0 atom stereocenters. The Morgan fingerprint density at radius 1 is 0.909 bits per heavy atom. The molecule has 0 fully saturated rings. The van der Waals surface area contributed by atoms with Gasteiger partial charge in [0, 0.05) is 17.3 Å². The largest absolute Gasteiger partial charge is 0.484 e. The minimum atomic E-state index is -0.882. The second-order valence-corrected chi connectivity index (χ2v) is 7.22. The smallest absolute Gasteiger partial charge is 0.329 e. The molecule has 9 heteroatoms. The van der Waals surface area contributed by atoms with Crippen LogP contribution in [0.15, 0.2) is 84.0 Å². The Morgan fingerprint density at radius 2 is 1.70 bits per heavy atom. The molecule has 0 aliphatic rings. The summed E-state index contributed by atoms with van der Waals surface area (Å²) in [6.45, 7) is 0.0342. The van der Waals surface area contributed by atoms with Gasteiger partial charge in [0.25, 0.3) is 5.91 Å². The van der Waals surface area contributed by atoms with Crippen molar-refractivity contribution in [3.8, 4) is 5.75 Å². The number of amides is 3. The molecule has 3 aromatic rings. The SMILES string of the molecule is O=C(COc1cccc(/C=N\NC(=O)C(=O)NCc2ccccc2)c1)Nc1cccc(Cl)c1. The topological polar surface area (TPSA) is 109 Å². The highest BCUT2D eigenvalue weighted by atomic mass is 35.5. The van der Waals surface area contributed by atoms with Gasteiger partial charge in [-0.2, -0.15) is 5.10 Å². The third kappa shape index (κ3) is 8.12. The second kappa shape index (κ2) is 12.0. The van der Waals surface area contributed by atoms with Gasteiger partial charge in [0.05, 0.1) is 6.21 Å². The summed E-state index contributed by atoms with van der Waals surface area (Å²) in [4.78, 5) is 35.8. The summed E-state index contributed by atoms with van der Waals surface area (Å²) < 4.78 is 5.49. The fourth-order valence-electron chi connectivity index (χ4n) is 2.67. The van der Waals surface area contributed by atoms with E-state index in [1.165, 1.54) is 6.21 Å². The van der Waals surface area contributed by atoms with Crippen molar-refractivity contribution < 1.29 is 19.1 Å². The first kappa shape index (κ1) is 23.5.